The summed E-state index contributed by atoms with van der Waals surface area (Å²) in [6.45, 7) is 6.80. The van der Waals surface area contributed by atoms with Crippen LogP contribution in [0.15, 0.2) is 54.2 Å². The Labute approximate surface area is 213 Å². The number of methoxy groups -OCH3 is 1. The predicted octanol–water partition coefficient (Wildman–Crippen LogP) is 6.12. The van der Waals surface area contributed by atoms with Gasteiger partial charge in [0.2, 0.25) is 0 Å². The van der Waals surface area contributed by atoms with E-state index >= 15 is 0 Å². The lowest BCUT2D eigenvalue weighted by Gasteiger charge is -2.33. The van der Waals surface area contributed by atoms with Crippen molar-refractivity contribution in [1.82, 2.24) is 9.80 Å². The van der Waals surface area contributed by atoms with E-state index in [0.717, 1.165) is 20.6 Å². The summed E-state index contributed by atoms with van der Waals surface area (Å²) in [7, 11) is 1.62. The van der Waals surface area contributed by atoms with Crippen LogP contribution in [0, 0.1) is 3.57 Å². The monoisotopic (exact) mass is 582 g/mol. The van der Waals surface area contributed by atoms with Crippen LogP contribution in [0.25, 0.3) is 0 Å². The smallest absolute Gasteiger partial charge is 0.410 e. The molecule has 0 fully saturated rings. The lowest BCUT2D eigenvalue weighted by atomic mass is 10.1. The third-order valence-corrected chi connectivity index (χ3v) is 6.22. The fourth-order valence-corrected chi connectivity index (χ4v) is 4.52. The Kier molecular flexibility index (Phi) is 8.28. The first-order valence-corrected chi connectivity index (χ1v) is 12.1. The predicted molar refractivity (Wildman–Crippen MR) is 138 cm³/mol. The van der Waals surface area contributed by atoms with Crippen LogP contribution >= 0.6 is 34.2 Å². The number of halogens is 2. The molecule has 8 heteroatoms. The first-order valence-electron chi connectivity index (χ1n) is 10.6. The molecule has 2 aromatic carbocycles. The van der Waals surface area contributed by atoms with Crippen LogP contribution in [0.5, 0.6) is 5.75 Å². The van der Waals surface area contributed by atoms with Crippen molar-refractivity contribution >= 4 is 46.2 Å². The maximum atomic E-state index is 13.6. The Morgan fingerprint density at radius 3 is 2.39 bits per heavy atom. The molecule has 2 amide bonds. The van der Waals surface area contributed by atoms with Gasteiger partial charge in [-0.15, -0.1) is 0 Å². The number of carbonyl (C=O) groups is 2. The van der Waals surface area contributed by atoms with Crippen LogP contribution in [0.2, 0.25) is 5.02 Å². The van der Waals surface area contributed by atoms with E-state index in [9.17, 15) is 9.59 Å². The summed E-state index contributed by atoms with van der Waals surface area (Å²) in [6.07, 6.45) is 2.13. The minimum absolute atomic E-state index is 0.108. The van der Waals surface area contributed by atoms with Gasteiger partial charge in [-0.1, -0.05) is 23.7 Å². The van der Waals surface area contributed by atoms with Gasteiger partial charge in [0, 0.05) is 33.8 Å². The van der Waals surface area contributed by atoms with Crippen molar-refractivity contribution in [3.05, 3.63) is 74.0 Å². The number of nitrogens with zero attached hydrogens (tertiary/aromatic N) is 2. The fourth-order valence-electron chi connectivity index (χ4n) is 3.42. The van der Waals surface area contributed by atoms with E-state index in [2.05, 4.69) is 22.6 Å². The average molecular weight is 583 g/mol. The topological polar surface area (TPSA) is 59.1 Å². The second-order valence-corrected chi connectivity index (χ2v) is 10.3. The second kappa shape index (κ2) is 10.8. The van der Waals surface area contributed by atoms with Gasteiger partial charge in [-0.2, -0.15) is 0 Å². The third kappa shape index (κ3) is 6.86. The molecule has 0 aliphatic carbocycles. The summed E-state index contributed by atoms with van der Waals surface area (Å²) in [6, 6.07) is 12.9. The van der Waals surface area contributed by atoms with Gasteiger partial charge >= 0.3 is 6.09 Å². The third-order valence-electron chi connectivity index (χ3n) is 5.09. The molecule has 0 N–H and O–H groups in total. The molecule has 0 bridgehead atoms. The van der Waals surface area contributed by atoms with Gasteiger partial charge in [0.1, 0.15) is 11.4 Å². The van der Waals surface area contributed by atoms with E-state index < -0.39 is 5.60 Å². The second-order valence-electron chi connectivity index (χ2n) is 8.74. The maximum absolute atomic E-state index is 13.6. The van der Waals surface area contributed by atoms with Crippen LogP contribution in [-0.2, 0) is 11.3 Å². The standard InChI is InChI=1S/C25H28ClIN2O4/c1-25(2,3)33-24(31)28-13-11-19(12-14-28)29(16-17-5-8-20(32-4)9-6-17)23(30)21-10-7-18(26)15-22(21)27/h5-11,15H,12-14,16H2,1-4H3. The lowest BCUT2D eigenvalue weighted by Crippen LogP contribution is -2.41. The van der Waals surface area contributed by atoms with Crippen molar-refractivity contribution in [2.75, 3.05) is 20.2 Å². The number of hydrogen-bond donors (Lipinski definition) is 0. The molecule has 176 valence electrons. The summed E-state index contributed by atoms with van der Waals surface area (Å²) in [5, 5.41) is 0.586. The Morgan fingerprint density at radius 1 is 1.15 bits per heavy atom. The number of amides is 2. The highest BCUT2D eigenvalue weighted by Crippen LogP contribution is 2.26. The molecule has 0 unspecified atom stereocenters. The summed E-state index contributed by atoms with van der Waals surface area (Å²) >= 11 is 8.23. The Morgan fingerprint density at radius 2 is 1.85 bits per heavy atom. The van der Waals surface area contributed by atoms with Crippen LogP contribution in [0.4, 0.5) is 4.79 Å². The summed E-state index contributed by atoms with van der Waals surface area (Å²) in [5.41, 5.74) is 1.89. The zero-order chi connectivity index (χ0) is 24.2. The molecular formula is C25H28ClIN2O4. The van der Waals surface area contributed by atoms with Crippen molar-refractivity contribution in [3.63, 3.8) is 0 Å². The quantitative estimate of drug-likeness (QED) is 0.399. The molecule has 0 atom stereocenters. The Balaban J connectivity index is 1.86. The summed E-state index contributed by atoms with van der Waals surface area (Å²) < 4.78 is 11.5. The SMILES string of the molecule is COc1ccc(CN(C(=O)c2ccc(Cl)cc2I)C2=CCN(C(=O)OC(C)(C)C)CC2)cc1. The molecular weight excluding hydrogens is 555 g/mol. The van der Waals surface area contributed by atoms with E-state index in [0.29, 0.717) is 36.6 Å². The zero-order valence-corrected chi connectivity index (χ0v) is 22.1. The Bertz CT molecular complexity index is 1050. The zero-order valence-electron chi connectivity index (χ0n) is 19.2. The summed E-state index contributed by atoms with van der Waals surface area (Å²) in [4.78, 5) is 29.5. The Hall–Kier alpha value is -2.26. The van der Waals surface area contributed by atoms with Crippen LogP contribution in [0.3, 0.4) is 0 Å². The highest BCUT2D eigenvalue weighted by atomic mass is 127. The number of hydrogen-bond acceptors (Lipinski definition) is 4. The molecule has 1 aliphatic heterocycles. The minimum Gasteiger partial charge on any atom is -0.497 e. The van der Waals surface area contributed by atoms with E-state index in [1.54, 1.807) is 35.1 Å². The number of benzene rings is 2. The van der Waals surface area contributed by atoms with E-state index in [1.165, 1.54) is 0 Å². The van der Waals surface area contributed by atoms with Crippen molar-refractivity contribution in [2.45, 2.75) is 39.3 Å². The van der Waals surface area contributed by atoms with Gasteiger partial charge in [0.15, 0.2) is 0 Å². The molecule has 6 nitrogen and oxygen atoms in total. The maximum Gasteiger partial charge on any atom is 0.410 e. The lowest BCUT2D eigenvalue weighted by molar-refractivity contribution is 0.0260. The number of ether oxygens (including phenoxy) is 2. The van der Waals surface area contributed by atoms with Crippen molar-refractivity contribution < 1.29 is 19.1 Å². The van der Waals surface area contributed by atoms with Crippen molar-refractivity contribution in [1.29, 1.82) is 0 Å². The molecule has 0 radical (unpaired) electrons. The first kappa shape index (κ1) is 25.4. The van der Waals surface area contributed by atoms with Gasteiger partial charge in [-0.3, -0.25) is 4.79 Å². The van der Waals surface area contributed by atoms with E-state index in [1.807, 2.05) is 51.1 Å². The van der Waals surface area contributed by atoms with Gasteiger partial charge < -0.3 is 19.3 Å². The first-order chi connectivity index (χ1) is 15.6. The van der Waals surface area contributed by atoms with Crippen LogP contribution in [-0.4, -0.2) is 47.6 Å². The van der Waals surface area contributed by atoms with Gasteiger partial charge in [0.05, 0.1) is 19.2 Å². The molecule has 33 heavy (non-hydrogen) atoms. The van der Waals surface area contributed by atoms with Crippen molar-refractivity contribution in [3.8, 4) is 5.75 Å². The molecule has 2 aromatic rings. The molecule has 1 heterocycles. The summed E-state index contributed by atoms with van der Waals surface area (Å²) in [5.74, 6) is 0.651. The van der Waals surface area contributed by atoms with E-state index in [4.69, 9.17) is 21.1 Å². The van der Waals surface area contributed by atoms with Gasteiger partial charge in [0.25, 0.3) is 5.91 Å². The van der Waals surface area contributed by atoms with Crippen molar-refractivity contribution in [2.24, 2.45) is 0 Å². The molecule has 3 rings (SSSR count). The normalized spacial score (nSPS) is 13.9. The average Bonchev–Trinajstić information content (AvgIpc) is 2.76. The largest absolute Gasteiger partial charge is 0.497 e. The fraction of sp³-hybridized carbons (Fsp3) is 0.360. The highest BCUT2D eigenvalue weighted by Gasteiger charge is 2.28. The molecule has 0 spiro atoms. The van der Waals surface area contributed by atoms with Crippen LogP contribution in [0.1, 0.15) is 43.1 Å². The minimum atomic E-state index is -0.553. The molecule has 0 saturated heterocycles. The number of rotatable bonds is 5. The highest BCUT2D eigenvalue weighted by molar-refractivity contribution is 14.1. The molecule has 0 aromatic heterocycles. The van der Waals surface area contributed by atoms with E-state index in [-0.39, 0.29) is 12.0 Å². The van der Waals surface area contributed by atoms with Gasteiger partial charge in [-0.25, -0.2) is 4.79 Å². The van der Waals surface area contributed by atoms with Gasteiger partial charge in [-0.05, 0) is 85.3 Å². The number of carbonyl (C=O) groups excluding carboxylic acids is 2. The molecule has 0 saturated carbocycles. The van der Waals surface area contributed by atoms with Crippen LogP contribution < -0.4 is 4.74 Å². The molecule has 1 aliphatic rings.